The van der Waals surface area contributed by atoms with Gasteiger partial charge in [0.1, 0.15) is 0 Å². The predicted octanol–water partition coefficient (Wildman–Crippen LogP) is -0.495. The Morgan fingerprint density at radius 1 is 1.25 bits per heavy atom. The first-order valence-electron chi connectivity index (χ1n) is 6.52. The lowest BCUT2D eigenvalue weighted by atomic mass is 10.0. The standard InChI is InChI=1S/C12H19N3O4S/c1-9-5-4-6-15(7-9)20(18,19)10-8-13(2)12(17)14(3)11(10)16/h8-9H,4-7H2,1-3H3/t9-/m0/s1. The molecule has 1 saturated heterocycles. The Hall–Kier alpha value is -1.41. The SMILES string of the molecule is C[C@H]1CCCN(S(=O)(=O)c2cn(C)c(=O)n(C)c2=O)C1. The van der Waals surface area contributed by atoms with Gasteiger partial charge in [0, 0.05) is 33.4 Å². The lowest BCUT2D eigenvalue weighted by Gasteiger charge is -2.29. The van der Waals surface area contributed by atoms with Gasteiger partial charge in [-0.2, -0.15) is 4.31 Å². The van der Waals surface area contributed by atoms with Crippen LogP contribution in [0.25, 0.3) is 0 Å². The van der Waals surface area contributed by atoms with Gasteiger partial charge >= 0.3 is 5.69 Å². The largest absolute Gasteiger partial charge is 0.330 e. The fraction of sp³-hybridized carbons (Fsp3) is 0.667. The highest BCUT2D eigenvalue weighted by molar-refractivity contribution is 7.89. The minimum Gasteiger partial charge on any atom is -0.302 e. The second kappa shape index (κ2) is 5.17. The van der Waals surface area contributed by atoms with Gasteiger partial charge in [0.2, 0.25) is 10.0 Å². The summed E-state index contributed by atoms with van der Waals surface area (Å²) in [6, 6.07) is 0. The summed E-state index contributed by atoms with van der Waals surface area (Å²) < 4.78 is 28.4. The Labute approximate surface area is 117 Å². The number of rotatable bonds is 2. The van der Waals surface area contributed by atoms with Crippen LogP contribution in [0, 0.1) is 5.92 Å². The van der Waals surface area contributed by atoms with Crippen molar-refractivity contribution in [1.82, 2.24) is 13.4 Å². The van der Waals surface area contributed by atoms with E-state index in [-0.39, 0.29) is 10.8 Å². The molecule has 0 aromatic carbocycles. The molecule has 0 amide bonds. The Kier molecular flexibility index (Phi) is 3.88. The molecule has 1 aliphatic rings. The maximum absolute atomic E-state index is 12.6. The molecule has 7 nitrogen and oxygen atoms in total. The number of aryl methyl sites for hydroxylation is 1. The number of hydrogen-bond acceptors (Lipinski definition) is 4. The molecule has 0 saturated carbocycles. The van der Waals surface area contributed by atoms with Gasteiger partial charge in [-0.1, -0.05) is 6.92 Å². The van der Waals surface area contributed by atoms with Gasteiger partial charge in [0.15, 0.2) is 4.90 Å². The lowest BCUT2D eigenvalue weighted by Crippen LogP contribution is -2.45. The second-order valence-corrected chi connectivity index (χ2v) is 7.27. The van der Waals surface area contributed by atoms with Gasteiger partial charge in [-0.05, 0) is 18.8 Å². The summed E-state index contributed by atoms with van der Waals surface area (Å²) in [6.07, 6.45) is 2.88. The molecular weight excluding hydrogens is 282 g/mol. The minimum absolute atomic E-state index is 0.273. The number of hydrogen-bond donors (Lipinski definition) is 0. The predicted molar refractivity (Wildman–Crippen MR) is 74.1 cm³/mol. The summed E-state index contributed by atoms with van der Waals surface area (Å²) >= 11 is 0. The first-order valence-corrected chi connectivity index (χ1v) is 7.96. The lowest BCUT2D eigenvalue weighted by molar-refractivity contribution is 0.280. The van der Waals surface area contributed by atoms with Crippen LogP contribution >= 0.6 is 0 Å². The molecule has 0 aliphatic carbocycles. The fourth-order valence-corrected chi connectivity index (χ4v) is 4.20. The molecule has 20 heavy (non-hydrogen) atoms. The molecule has 1 fully saturated rings. The smallest absolute Gasteiger partial charge is 0.302 e. The molecule has 1 aromatic rings. The molecule has 1 aromatic heterocycles. The van der Waals surface area contributed by atoms with Crippen LogP contribution in [0.3, 0.4) is 0 Å². The third kappa shape index (κ3) is 2.45. The third-order valence-electron chi connectivity index (χ3n) is 3.65. The van der Waals surface area contributed by atoms with Crippen LogP contribution in [0.5, 0.6) is 0 Å². The summed E-state index contributed by atoms with van der Waals surface area (Å²) in [5.41, 5.74) is -1.31. The van der Waals surface area contributed by atoms with Gasteiger partial charge in [0.05, 0.1) is 0 Å². The highest BCUT2D eigenvalue weighted by Crippen LogP contribution is 2.21. The Morgan fingerprint density at radius 2 is 1.90 bits per heavy atom. The summed E-state index contributed by atoms with van der Waals surface area (Å²) in [5, 5.41) is 0. The number of piperidine rings is 1. The molecular formula is C12H19N3O4S. The monoisotopic (exact) mass is 301 g/mol. The van der Waals surface area contributed by atoms with Crippen LogP contribution < -0.4 is 11.2 Å². The summed E-state index contributed by atoms with van der Waals surface area (Å²) in [5.74, 6) is 0.273. The van der Waals surface area contributed by atoms with Crippen molar-refractivity contribution >= 4 is 10.0 Å². The molecule has 0 unspecified atom stereocenters. The first kappa shape index (κ1) is 15.0. The maximum Gasteiger partial charge on any atom is 0.330 e. The van der Waals surface area contributed by atoms with E-state index >= 15 is 0 Å². The van der Waals surface area contributed by atoms with Gasteiger partial charge in [0.25, 0.3) is 5.56 Å². The van der Waals surface area contributed by atoms with E-state index in [0.29, 0.717) is 13.1 Å². The van der Waals surface area contributed by atoms with E-state index in [0.717, 1.165) is 28.2 Å². The van der Waals surface area contributed by atoms with E-state index in [4.69, 9.17) is 0 Å². The second-order valence-electron chi connectivity index (χ2n) is 5.36. The average molecular weight is 301 g/mol. The zero-order valence-corrected chi connectivity index (χ0v) is 12.7. The van der Waals surface area contributed by atoms with E-state index < -0.39 is 21.3 Å². The summed E-state index contributed by atoms with van der Waals surface area (Å²) in [4.78, 5) is 23.3. The van der Waals surface area contributed by atoms with E-state index in [1.165, 1.54) is 18.4 Å². The van der Waals surface area contributed by atoms with Gasteiger partial charge in [-0.3, -0.25) is 9.36 Å². The minimum atomic E-state index is -3.85. The van der Waals surface area contributed by atoms with E-state index in [9.17, 15) is 18.0 Å². The third-order valence-corrected chi connectivity index (χ3v) is 5.50. The Balaban J connectivity index is 2.56. The quantitative estimate of drug-likeness (QED) is 0.738. The van der Waals surface area contributed by atoms with Crippen LogP contribution in [0.1, 0.15) is 19.8 Å². The van der Waals surface area contributed by atoms with Crippen LogP contribution in [0.2, 0.25) is 0 Å². The van der Waals surface area contributed by atoms with Crippen molar-refractivity contribution in [1.29, 1.82) is 0 Å². The Morgan fingerprint density at radius 3 is 2.50 bits per heavy atom. The van der Waals surface area contributed by atoms with Crippen molar-refractivity contribution in [2.24, 2.45) is 20.0 Å². The number of aromatic nitrogens is 2. The molecule has 1 atom stereocenters. The molecule has 2 rings (SSSR count). The highest BCUT2D eigenvalue weighted by atomic mass is 32.2. The van der Waals surface area contributed by atoms with Crippen molar-refractivity contribution in [2.75, 3.05) is 13.1 Å². The van der Waals surface area contributed by atoms with E-state index in [2.05, 4.69) is 0 Å². The molecule has 1 aliphatic heterocycles. The number of sulfonamides is 1. The van der Waals surface area contributed by atoms with Crippen molar-refractivity contribution in [2.45, 2.75) is 24.7 Å². The van der Waals surface area contributed by atoms with Crippen LogP contribution in [0.15, 0.2) is 20.7 Å². The zero-order chi connectivity index (χ0) is 15.1. The average Bonchev–Trinajstić information content (AvgIpc) is 2.40. The molecule has 0 N–H and O–H groups in total. The van der Waals surface area contributed by atoms with Crippen molar-refractivity contribution < 1.29 is 8.42 Å². The highest BCUT2D eigenvalue weighted by Gasteiger charge is 2.31. The molecule has 0 radical (unpaired) electrons. The van der Waals surface area contributed by atoms with Crippen molar-refractivity contribution in [3.05, 3.63) is 27.0 Å². The van der Waals surface area contributed by atoms with E-state index in [1.54, 1.807) is 0 Å². The molecule has 2 heterocycles. The van der Waals surface area contributed by atoms with Gasteiger partial charge in [-0.15, -0.1) is 0 Å². The maximum atomic E-state index is 12.6. The normalized spacial score (nSPS) is 21.1. The molecule has 0 bridgehead atoms. The fourth-order valence-electron chi connectivity index (χ4n) is 2.46. The van der Waals surface area contributed by atoms with E-state index in [1.807, 2.05) is 6.92 Å². The first-order chi connectivity index (χ1) is 9.25. The van der Waals surface area contributed by atoms with Crippen molar-refractivity contribution in [3.63, 3.8) is 0 Å². The van der Waals surface area contributed by atoms with Crippen LogP contribution in [0.4, 0.5) is 0 Å². The summed E-state index contributed by atoms with van der Waals surface area (Å²) in [6.45, 7) is 2.81. The number of nitrogens with zero attached hydrogens (tertiary/aromatic N) is 3. The van der Waals surface area contributed by atoms with Crippen molar-refractivity contribution in [3.8, 4) is 0 Å². The van der Waals surface area contributed by atoms with Crippen LogP contribution in [-0.2, 0) is 24.1 Å². The summed E-state index contributed by atoms with van der Waals surface area (Å²) in [7, 11) is -1.14. The molecule has 0 spiro atoms. The zero-order valence-electron chi connectivity index (χ0n) is 11.9. The molecule has 112 valence electrons. The Bertz CT molecular complexity index is 732. The van der Waals surface area contributed by atoms with Gasteiger partial charge < -0.3 is 4.57 Å². The molecule has 8 heteroatoms. The van der Waals surface area contributed by atoms with Gasteiger partial charge in [-0.25, -0.2) is 13.2 Å². The van der Waals surface area contributed by atoms with Crippen LogP contribution in [-0.4, -0.2) is 34.9 Å². The topological polar surface area (TPSA) is 81.4 Å².